The van der Waals surface area contributed by atoms with Gasteiger partial charge in [0.05, 0.1) is 19.8 Å². The molecule has 2 aliphatic heterocycles. The zero-order valence-corrected chi connectivity index (χ0v) is 17.9. The molecule has 0 radical (unpaired) electrons. The molecule has 160 valence electrons. The molecule has 0 aromatic carbocycles. The van der Waals surface area contributed by atoms with Gasteiger partial charge in [-0.25, -0.2) is 0 Å². The summed E-state index contributed by atoms with van der Waals surface area (Å²) >= 11 is 0. The van der Waals surface area contributed by atoms with Gasteiger partial charge in [0, 0.05) is 50.6 Å². The highest BCUT2D eigenvalue weighted by Gasteiger charge is 2.30. The fourth-order valence-electron chi connectivity index (χ4n) is 3.40. The predicted octanol–water partition coefficient (Wildman–Crippen LogP) is 0.685. The smallest absolute Gasteiger partial charge is 0.225 e. The molecule has 2 amide bonds. The predicted molar refractivity (Wildman–Crippen MR) is 110 cm³/mol. The number of likely N-dealkylation sites (tertiary alicyclic amines) is 1. The fourth-order valence-corrected chi connectivity index (χ4v) is 3.40. The van der Waals surface area contributed by atoms with Gasteiger partial charge in [0.15, 0.2) is 5.96 Å². The van der Waals surface area contributed by atoms with Crippen molar-refractivity contribution in [2.45, 2.75) is 40.5 Å². The summed E-state index contributed by atoms with van der Waals surface area (Å²) < 4.78 is 5.34. The Morgan fingerprint density at radius 3 is 2.25 bits per heavy atom. The number of nitrogens with zero attached hydrogens (tertiary/aromatic N) is 3. The third kappa shape index (κ3) is 6.65. The van der Waals surface area contributed by atoms with Crippen molar-refractivity contribution in [3.05, 3.63) is 0 Å². The van der Waals surface area contributed by atoms with Crippen molar-refractivity contribution < 1.29 is 14.3 Å². The maximum Gasteiger partial charge on any atom is 0.225 e. The molecular weight excluding hydrogens is 358 g/mol. The summed E-state index contributed by atoms with van der Waals surface area (Å²) in [6.07, 6.45) is 1.70. The van der Waals surface area contributed by atoms with Crippen LogP contribution < -0.4 is 10.6 Å². The molecule has 8 heteroatoms. The lowest BCUT2D eigenvalue weighted by molar-refractivity contribution is -0.140. The zero-order valence-electron chi connectivity index (χ0n) is 17.9. The van der Waals surface area contributed by atoms with Crippen LogP contribution in [0.1, 0.15) is 40.5 Å². The molecule has 28 heavy (non-hydrogen) atoms. The standard InChI is InChI=1S/C20H37N5O3/c1-5-21-19(23-9-8-22-18(27)20(2,3)4)25-10-6-16(7-11-25)17(26)24-12-14-28-15-13-24/h16H,5-15H2,1-4H3,(H,21,23)(H,22,27). The highest BCUT2D eigenvalue weighted by atomic mass is 16.5. The second-order valence-corrected chi connectivity index (χ2v) is 8.44. The molecule has 0 saturated carbocycles. The fraction of sp³-hybridized carbons (Fsp3) is 0.850. The first-order valence-corrected chi connectivity index (χ1v) is 10.5. The van der Waals surface area contributed by atoms with Crippen molar-refractivity contribution in [3.63, 3.8) is 0 Å². The molecule has 2 heterocycles. The van der Waals surface area contributed by atoms with Gasteiger partial charge in [0.25, 0.3) is 0 Å². The summed E-state index contributed by atoms with van der Waals surface area (Å²) in [6, 6.07) is 0. The van der Waals surface area contributed by atoms with Crippen LogP contribution in [-0.4, -0.2) is 86.6 Å². The number of carbonyl (C=O) groups is 2. The van der Waals surface area contributed by atoms with E-state index in [-0.39, 0.29) is 23.1 Å². The molecule has 2 fully saturated rings. The molecule has 0 aliphatic carbocycles. The Balaban J connectivity index is 1.81. The molecule has 2 rings (SSSR count). The number of hydrogen-bond acceptors (Lipinski definition) is 4. The molecule has 0 atom stereocenters. The lowest BCUT2D eigenvalue weighted by Crippen LogP contribution is -2.50. The minimum atomic E-state index is -0.386. The number of ether oxygens (including phenoxy) is 1. The van der Waals surface area contributed by atoms with Crippen LogP contribution in [0.2, 0.25) is 0 Å². The molecule has 0 unspecified atom stereocenters. The molecule has 2 saturated heterocycles. The van der Waals surface area contributed by atoms with Crippen molar-refractivity contribution in [1.29, 1.82) is 0 Å². The van der Waals surface area contributed by atoms with E-state index in [1.807, 2.05) is 32.6 Å². The van der Waals surface area contributed by atoms with Gasteiger partial charge in [-0.3, -0.25) is 14.6 Å². The summed E-state index contributed by atoms with van der Waals surface area (Å²) in [7, 11) is 0. The Labute approximate surface area is 169 Å². The van der Waals surface area contributed by atoms with Crippen LogP contribution >= 0.6 is 0 Å². The molecular formula is C20H37N5O3. The first-order chi connectivity index (χ1) is 13.3. The van der Waals surface area contributed by atoms with E-state index in [1.54, 1.807) is 0 Å². The molecule has 0 bridgehead atoms. The lowest BCUT2D eigenvalue weighted by atomic mass is 9.95. The van der Waals surface area contributed by atoms with Gasteiger partial charge in [0.2, 0.25) is 11.8 Å². The average Bonchev–Trinajstić information content (AvgIpc) is 2.69. The molecule has 0 spiro atoms. The third-order valence-electron chi connectivity index (χ3n) is 5.14. The van der Waals surface area contributed by atoms with Crippen LogP contribution in [0.25, 0.3) is 0 Å². The number of carbonyl (C=O) groups excluding carboxylic acids is 2. The van der Waals surface area contributed by atoms with Crippen LogP contribution in [0.15, 0.2) is 4.99 Å². The Hall–Kier alpha value is -1.83. The first kappa shape index (κ1) is 22.5. The Morgan fingerprint density at radius 1 is 1.04 bits per heavy atom. The number of hydrogen-bond donors (Lipinski definition) is 2. The summed E-state index contributed by atoms with van der Waals surface area (Å²) in [5, 5.41) is 6.26. The summed E-state index contributed by atoms with van der Waals surface area (Å²) in [5.74, 6) is 1.28. The van der Waals surface area contributed by atoms with E-state index in [2.05, 4.69) is 20.5 Å². The highest BCUT2D eigenvalue weighted by Crippen LogP contribution is 2.20. The van der Waals surface area contributed by atoms with E-state index in [0.29, 0.717) is 39.4 Å². The third-order valence-corrected chi connectivity index (χ3v) is 5.14. The molecule has 2 aliphatic rings. The molecule has 0 aromatic rings. The van der Waals surface area contributed by atoms with Gasteiger partial charge in [-0.15, -0.1) is 0 Å². The maximum atomic E-state index is 12.7. The van der Waals surface area contributed by atoms with Gasteiger partial charge in [-0.05, 0) is 19.8 Å². The number of piperidine rings is 1. The summed E-state index contributed by atoms with van der Waals surface area (Å²) in [5.41, 5.74) is -0.386. The summed E-state index contributed by atoms with van der Waals surface area (Å²) in [6.45, 7) is 14.0. The molecule has 2 N–H and O–H groups in total. The molecule has 8 nitrogen and oxygen atoms in total. The second-order valence-electron chi connectivity index (χ2n) is 8.44. The van der Waals surface area contributed by atoms with E-state index < -0.39 is 0 Å². The number of aliphatic imine (C=N–C) groups is 1. The Kier molecular flexibility index (Phi) is 8.54. The van der Waals surface area contributed by atoms with Crippen LogP contribution in [-0.2, 0) is 14.3 Å². The lowest BCUT2D eigenvalue weighted by Gasteiger charge is -2.36. The van der Waals surface area contributed by atoms with E-state index in [1.165, 1.54) is 0 Å². The average molecular weight is 396 g/mol. The normalized spacial score (nSPS) is 19.5. The number of morpholine rings is 1. The van der Waals surface area contributed by atoms with Crippen molar-refractivity contribution in [2.24, 2.45) is 16.3 Å². The van der Waals surface area contributed by atoms with Crippen molar-refractivity contribution in [2.75, 3.05) is 59.0 Å². The van der Waals surface area contributed by atoms with Gasteiger partial charge < -0.3 is 25.2 Å². The van der Waals surface area contributed by atoms with Gasteiger partial charge in [-0.1, -0.05) is 20.8 Å². The Bertz CT molecular complexity index is 545. The van der Waals surface area contributed by atoms with Crippen molar-refractivity contribution in [1.82, 2.24) is 20.4 Å². The van der Waals surface area contributed by atoms with Crippen LogP contribution in [0.4, 0.5) is 0 Å². The number of amides is 2. The van der Waals surface area contributed by atoms with Gasteiger partial charge in [-0.2, -0.15) is 0 Å². The largest absolute Gasteiger partial charge is 0.378 e. The maximum absolute atomic E-state index is 12.7. The van der Waals surface area contributed by atoms with Crippen LogP contribution in [0, 0.1) is 11.3 Å². The SMILES string of the molecule is CCNC(=NCCNC(=O)C(C)(C)C)N1CCC(C(=O)N2CCOCC2)CC1. The number of rotatable bonds is 5. The minimum Gasteiger partial charge on any atom is -0.378 e. The van der Waals surface area contributed by atoms with E-state index in [0.717, 1.165) is 38.4 Å². The van der Waals surface area contributed by atoms with E-state index >= 15 is 0 Å². The topological polar surface area (TPSA) is 86.3 Å². The zero-order chi connectivity index (χ0) is 20.6. The monoisotopic (exact) mass is 395 g/mol. The van der Waals surface area contributed by atoms with E-state index in [9.17, 15) is 9.59 Å². The van der Waals surface area contributed by atoms with Gasteiger partial charge >= 0.3 is 0 Å². The molecule has 0 aromatic heterocycles. The second kappa shape index (κ2) is 10.6. The van der Waals surface area contributed by atoms with Crippen molar-refractivity contribution >= 4 is 17.8 Å². The highest BCUT2D eigenvalue weighted by molar-refractivity contribution is 5.82. The quantitative estimate of drug-likeness (QED) is 0.406. The first-order valence-electron chi connectivity index (χ1n) is 10.5. The number of guanidine groups is 1. The van der Waals surface area contributed by atoms with Gasteiger partial charge in [0.1, 0.15) is 0 Å². The van der Waals surface area contributed by atoms with E-state index in [4.69, 9.17) is 4.74 Å². The number of nitrogens with one attached hydrogen (secondary N) is 2. The van der Waals surface area contributed by atoms with Crippen LogP contribution in [0.3, 0.4) is 0 Å². The van der Waals surface area contributed by atoms with Crippen molar-refractivity contribution in [3.8, 4) is 0 Å². The van der Waals surface area contributed by atoms with Crippen LogP contribution in [0.5, 0.6) is 0 Å². The minimum absolute atomic E-state index is 0.0372. The summed E-state index contributed by atoms with van der Waals surface area (Å²) in [4.78, 5) is 33.4. The Morgan fingerprint density at radius 2 is 1.68 bits per heavy atom.